The number of rotatable bonds is 5. The summed E-state index contributed by atoms with van der Waals surface area (Å²) < 4.78 is 17.6. The van der Waals surface area contributed by atoms with Crippen LogP contribution in [0.4, 0.5) is 9.18 Å². The largest absolute Gasteiger partial charge is 0.448 e. The maximum absolute atomic E-state index is 13.1. The summed E-state index contributed by atoms with van der Waals surface area (Å²) in [7, 11) is 0. The Hall–Kier alpha value is -1.62. The molecule has 0 aliphatic rings. The molecule has 0 aliphatic carbocycles. The lowest BCUT2D eigenvalue weighted by Crippen LogP contribution is -2.23. The molecule has 0 spiro atoms. The molecule has 0 aliphatic heterocycles. The minimum Gasteiger partial charge on any atom is -0.448 e. The second-order valence-electron chi connectivity index (χ2n) is 2.94. The minimum atomic E-state index is -0.803. The monoisotopic (exact) mass is 212 g/mol. The number of carbonyl (C=O) groups is 1. The van der Waals surface area contributed by atoms with Crippen molar-refractivity contribution in [2.75, 3.05) is 13.2 Å². The third kappa shape index (κ3) is 4.42. The van der Waals surface area contributed by atoms with Crippen molar-refractivity contribution in [3.8, 4) is 0 Å². The fourth-order valence-electron chi connectivity index (χ4n) is 1.09. The van der Waals surface area contributed by atoms with Crippen LogP contribution in [0.3, 0.4) is 0 Å². The third-order valence-corrected chi connectivity index (χ3v) is 1.80. The topological polar surface area (TPSA) is 64.4 Å². The van der Waals surface area contributed by atoms with Gasteiger partial charge in [0.1, 0.15) is 12.4 Å². The van der Waals surface area contributed by atoms with Gasteiger partial charge in [0.25, 0.3) is 0 Å². The predicted molar refractivity (Wildman–Crippen MR) is 53.6 cm³/mol. The molecule has 0 saturated heterocycles. The number of hydrogen-bond donors (Lipinski definition) is 2. The number of hydrogen-bond acceptors (Lipinski definition) is 3. The second-order valence-corrected chi connectivity index (χ2v) is 2.94. The van der Waals surface area contributed by atoms with Gasteiger partial charge in [-0.1, -0.05) is 18.2 Å². The van der Waals surface area contributed by atoms with E-state index in [1.165, 1.54) is 6.07 Å². The van der Waals surface area contributed by atoms with Crippen LogP contribution in [0.1, 0.15) is 5.56 Å². The predicted octanol–water partition coefficient (Wildman–Crippen LogP) is 1.01. The molecule has 0 radical (unpaired) electrons. The van der Waals surface area contributed by atoms with Gasteiger partial charge in [-0.15, -0.1) is 0 Å². The number of benzene rings is 1. The Morgan fingerprint density at radius 2 is 2.20 bits per heavy atom. The normalized spacial score (nSPS) is 9.93. The first-order valence-electron chi connectivity index (χ1n) is 4.56. The van der Waals surface area contributed by atoms with E-state index in [-0.39, 0.29) is 12.4 Å². The lowest BCUT2D eigenvalue weighted by Gasteiger charge is -2.05. The Balaban J connectivity index is 2.21. The van der Waals surface area contributed by atoms with E-state index in [1.807, 2.05) is 0 Å². The number of nitrogens with two attached hydrogens (primary N) is 1. The third-order valence-electron chi connectivity index (χ3n) is 1.80. The Labute approximate surface area is 87.2 Å². The van der Waals surface area contributed by atoms with Crippen LogP contribution in [0, 0.1) is 5.82 Å². The van der Waals surface area contributed by atoms with Gasteiger partial charge >= 0.3 is 6.09 Å². The highest BCUT2D eigenvalue weighted by atomic mass is 19.1. The van der Waals surface area contributed by atoms with E-state index in [0.717, 1.165) is 0 Å². The summed E-state index contributed by atoms with van der Waals surface area (Å²) >= 11 is 0. The van der Waals surface area contributed by atoms with Crippen LogP contribution >= 0.6 is 0 Å². The molecule has 3 N–H and O–H groups in total. The van der Waals surface area contributed by atoms with E-state index < -0.39 is 6.09 Å². The molecule has 4 nitrogen and oxygen atoms in total. The molecule has 1 rings (SSSR count). The van der Waals surface area contributed by atoms with Gasteiger partial charge in [0.15, 0.2) is 0 Å². The van der Waals surface area contributed by atoms with Gasteiger partial charge < -0.3 is 15.8 Å². The molecule has 1 amide bonds. The van der Waals surface area contributed by atoms with Crippen LogP contribution in [-0.2, 0) is 11.3 Å². The molecule has 82 valence electrons. The Kier molecular flexibility index (Phi) is 4.56. The lowest BCUT2D eigenvalue weighted by atomic mass is 10.2. The summed E-state index contributed by atoms with van der Waals surface area (Å²) in [5.41, 5.74) is 5.34. The van der Waals surface area contributed by atoms with Crippen molar-refractivity contribution in [1.29, 1.82) is 0 Å². The first kappa shape index (κ1) is 11.5. The van der Waals surface area contributed by atoms with Crippen molar-refractivity contribution in [1.82, 2.24) is 5.32 Å². The quantitative estimate of drug-likeness (QED) is 0.716. The van der Waals surface area contributed by atoms with Gasteiger partial charge in [-0.2, -0.15) is 0 Å². The van der Waals surface area contributed by atoms with E-state index >= 15 is 0 Å². The average Bonchev–Trinajstić information content (AvgIpc) is 2.20. The summed E-state index contributed by atoms with van der Waals surface area (Å²) in [5, 5.41) is 2.93. The van der Waals surface area contributed by atoms with Crippen molar-refractivity contribution in [3.05, 3.63) is 35.6 Å². The number of amides is 1. The number of nitrogens with one attached hydrogen (secondary N) is 1. The number of carbonyl (C=O) groups excluding carboxylic acids is 1. The van der Waals surface area contributed by atoms with Crippen LogP contribution < -0.4 is 11.1 Å². The van der Waals surface area contributed by atoms with E-state index in [1.54, 1.807) is 18.2 Å². The molecule has 0 unspecified atom stereocenters. The van der Waals surface area contributed by atoms with Crippen molar-refractivity contribution in [2.24, 2.45) is 5.73 Å². The fraction of sp³-hybridized carbons (Fsp3) is 0.300. The number of halogens is 1. The summed E-state index contributed by atoms with van der Waals surface area (Å²) in [5.74, 6) is -0.249. The number of ether oxygens (including phenoxy) is 1. The van der Waals surface area contributed by atoms with E-state index in [4.69, 9.17) is 5.73 Å². The smallest absolute Gasteiger partial charge is 0.404 e. The average molecular weight is 212 g/mol. The number of primary amides is 1. The highest BCUT2D eigenvalue weighted by Crippen LogP contribution is 2.04. The van der Waals surface area contributed by atoms with E-state index in [0.29, 0.717) is 18.7 Å². The van der Waals surface area contributed by atoms with Gasteiger partial charge in [-0.3, -0.25) is 0 Å². The molecule has 1 aromatic carbocycles. The van der Waals surface area contributed by atoms with Gasteiger partial charge in [-0.25, -0.2) is 9.18 Å². The Bertz CT molecular complexity index is 331. The molecule has 1 aromatic rings. The molecule has 5 heteroatoms. The van der Waals surface area contributed by atoms with Crippen LogP contribution in [0.2, 0.25) is 0 Å². The zero-order valence-corrected chi connectivity index (χ0v) is 8.20. The zero-order chi connectivity index (χ0) is 11.1. The van der Waals surface area contributed by atoms with Gasteiger partial charge in [0, 0.05) is 18.7 Å². The Morgan fingerprint density at radius 3 is 2.87 bits per heavy atom. The summed E-state index contributed by atoms with van der Waals surface area (Å²) in [6.45, 7) is 1.02. The molecule has 0 bridgehead atoms. The van der Waals surface area contributed by atoms with Crippen LogP contribution in [0.15, 0.2) is 24.3 Å². The summed E-state index contributed by atoms with van der Waals surface area (Å²) in [6.07, 6.45) is -0.803. The lowest BCUT2D eigenvalue weighted by molar-refractivity contribution is 0.157. The molecule has 0 aromatic heterocycles. The first-order chi connectivity index (χ1) is 7.20. The maximum atomic E-state index is 13.1. The molecule has 0 saturated carbocycles. The maximum Gasteiger partial charge on any atom is 0.404 e. The SMILES string of the molecule is NC(=O)OCCNCc1ccccc1F. The van der Waals surface area contributed by atoms with Gasteiger partial charge in [0.05, 0.1) is 0 Å². The first-order valence-corrected chi connectivity index (χ1v) is 4.56. The van der Waals surface area contributed by atoms with Gasteiger partial charge in [-0.05, 0) is 6.07 Å². The highest BCUT2D eigenvalue weighted by molar-refractivity contribution is 5.64. The zero-order valence-electron chi connectivity index (χ0n) is 8.20. The molecule has 0 fully saturated rings. The van der Waals surface area contributed by atoms with E-state index in [9.17, 15) is 9.18 Å². The van der Waals surface area contributed by atoms with Crippen LogP contribution in [0.5, 0.6) is 0 Å². The minimum absolute atomic E-state index is 0.184. The second kappa shape index (κ2) is 5.98. The highest BCUT2D eigenvalue weighted by Gasteiger charge is 1.99. The molecular formula is C10H13FN2O2. The van der Waals surface area contributed by atoms with Crippen molar-refractivity contribution in [2.45, 2.75) is 6.54 Å². The summed E-state index contributed by atoms with van der Waals surface area (Å²) in [4.78, 5) is 10.2. The van der Waals surface area contributed by atoms with Crippen molar-refractivity contribution < 1.29 is 13.9 Å². The van der Waals surface area contributed by atoms with Crippen LogP contribution in [0.25, 0.3) is 0 Å². The summed E-state index contributed by atoms with van der Waals surface area (Å²) in [6, 6.07) is 6.49. The van der Waals surface area contributed by atoms with Crippen LogP contribution in [-0.4, -0.2) is 19.2 Å². The van der Waals surface area contributed by atoms with Crippen molar-refractivity contribution in [3.63, 3.8) is 0 Å². The van der Waals surface area contributed by atoms with Gasteiger partial charge in [0.2, 0.25) is 0 Å². The Morgan fingerprint density at radius 1 is 1.47 bits per heavy atom. The molecular weight excluding hydrogens is 199 g/mol. The van der Waals surface area contributed by atoms with E-state index in [2.05, 4.69) is 10.1 Å². The molecule has 0 heterocycles. The fourth-order valence-corrected chi connectivity index (χ4v) is 1.09. The standard InChI is InChI=1S/C10H13FN2O2/c11-9-4-2-1-3-8(9)7-13-5-6-15-10(12)14/h1-4,13H,5-7H2,(H2,12,14). The van der Waals surface area contributed by atoms with Crippen molar-refractivity contribution >= 4 is 6.09 Å². The molecule has 15 heavy (non-hydrogen) atoms. The molecule has 0 atom stereocenters.